The number of pyridine rings is 1. The van der Waals surface area contributed by atoms with Crippen molar-refractivity contribution in [2.75, 3.05) is 4.90 Å². The van der Waals surface area contributed by atoms with Crippen LogP contribution in [0.25, 0.3) is 82.9 Å². The number of para-hydroxylation sites is 1. The van der Waals surface area contributed by atoms with Crippen molar-refractivity contribution in [1.82, 2.24) is 14.6 Å². The van der Waals surface area contributed by atoms with Gasteiger partial charge in [0, 0.05) is 28.5 Å². The summed E-state index contributed by atoms with van der Waals surface area (Å²) in [5.41, 5.74) is 19.9. The quantitative estimate of drug-likeness (QED) is 0.142. The van der Waals surface area contributed by atoms with Crippen LogP contribution in [0.5, 0.6) is 0 Å². The number of benzene rings is 8. The molecule has 1 aliphatic rings. The number of nitrogens with zero attached hydrogens (tertiary/aromatic N) is 8. The summed E-state index contributed by atoms with van der Waals surface area (Å²) in [5.74, 6) is 0.543. The number of fused-ring (bicyclic) bond motifs is 1. The molecule has 8 nitrogen and oxygen atoms in total. The van der Waals surface area contributed by atoms with Gasteiger partial charge in [0.15, 0.2) is 5.65 Å². The third kappa shape index (κ3) is 9.02. The molecule has 9 heteroatoms. The fourth-order valence-electron chi connectivity index (χ4n) is 8.31. The molecule has 1 atom stereocenters. The van der Waals surface area contributed by atoms with Crippen molar-refractivity contribution in [1.29, 1.82) is 5.26 Å². The zero-order valence-corrected chi connectivity index (χ0v) is 38.2. The van der Waals surface area contributed by atoms with Crippen molar-refractivity contribution < 1.29 is 20.1 Å². The summed E-state index contributed by atoms with van der Waals surface area (Å²) < 4.78 is 1.81. The zero-order chi connectivity index (χ0) is 44.7. The maximum Gasteiger partial charge on any atom is 3.00 e. The molecule has 318 valence electrons. The number of nitriles is 1. The van der Waals surface area contributed by atoms with E-state index in [1.54, 1.807) is 41.2 Å². The third-order valence-corrected chi connectivity index (χ3v) is 11.3. The SMILES string of the molecule is N#Cc1cc[c-]c(C2[N-]N=CN2c2c(-c3ccccc3)cccc2-c2ccccc2)c1.[C-]#[N+]c1cc[c-]c(-c2nc3c(-c4c(-c5ccccc5)cccc4-c4ccccc4)cccn3n2)c1.[Ir+3]. The van der Waals surface area contributed by atoms with Crippen molar-refractivity contribution in [2.45, 2.75) is 6.17 Å². The van der Waals surface area contributed by atoms with Gasteiger partial charge in [-0.3, -0.25) is 9.83 Å². The van der Waals surface area contributed by atoms with Crippen LogP contribution in [0.15, 0.2) is 218 Å². The van der Waals surface area contributed by atoms with Gasteiger partial charge in [-0.2, -0.15) is 40.2 Å². The Morgan fingerprint density at radius 2 is 1.13 bits per heavy atom. The molecule has 0 radical (unpaired) electrons. The van der Waals surface area contributed by atoms with Gasteiger partial charge in [-0.1, -0.05) is 163 Å². The molecular weight excluding hydrogens is 1000 g/mol. The molecule has 0 N–H and O–H groups in total. The largest absolute Gasteiger partial charge is 3.00 e. The van der Waals surface area contributed by atoms with Crippen LogP contribution in [0, 0.1) is 30.0 Å². The monoisotopic (exact) mass is 1040 g/mol. The molecule has 8 aromatic carbocycles. The van der Waals surface area contributed by atoms with Gasteiger partial charge in [0.1, 0.15) is 5.69 Å². The second-order valence-corrected chi connectivity index (χ2v) is 15.4. The number of aromatic nitrogens is 3. The fraction of sp³-hybridized carbons (Fsp3) is 0.0172. The first-order chi connectivity index (χ1) is 32.7. The molecule has 0 saturated heterocycles. The molecule has 1 aliphatic heterocycles. The van der Waals surface area contributed by atoms with E-state index in [4.69, 9.17) is 16.7 Å². The molecule has 3 heterocycles. The second-order valence-electron chi connectivity index (χ2n) is 15.4. The van der Waals surface area contributed by atoms with E-state index in [9.17, 15) is 5.26 Å². The smallest absolute Gasteiger partial charge is 0.579 e. The number of rotatable bonds is 8. The maximum atomic E-state index is 9.33. The van der Waals surface area contributed by atoms with Crippen LogP contribution in [0.3, 0.4) is 0 Å². The first-order valence-corrected chi connectivity index (χ1v) is 21.3. The Labute approximate surface area is 403 Å². The van der Waals surface area contributed by atoms with Crippen molar-refractivity contribution in [3.8, 4) is 73.1 Å². The molecule has 0 aliphatic carbocycles. The van der Waals surface area contributed by atoms with E-state index in [1.165, 1.54) is 0 Å². The minimum atomic E-state index is -0.388. The Bertz CT molecular complexity index is 3320. The third-order valence-electron chi connectivity index (χ3n) is 11.3. The molecule has 0 fully saturated rings. The normalized spacial score (nSPS) is 12.5. The average molecular weight is 1040 g/mol. The van der Waals surface area contributed by atoms with Gasteiger partial charge in [-0.25, -0.2) is 4.52 Å². The van der Waals surface area contributed by atoms with E-state index >= 15 is 0 Å². The summed E-state index contributed by atoms with van der Waals surface area (Å²) in [5, 5.41) is 18.3. The topological polar surface area (TPSA) is 88.0 Å². The molecular formula is C58H37IrN8. The van der Waals surface area contributed by atoms with E-state index in [-0.39, 0.29) is 26.3 Å². The van der Waals surface area contributed by atoms with Gasteiger partial charge >= 0.3 is 20.1 Å². The summed E-state index contributed by atoms with van der Waals surface area (Å²) in [6.07, 6.45) is 3.27. The van der Waals surface area contributed by atoms with Crippen molar-refractivity contribution in [3.63, 3.8) is 0 Å². The number of anilines is 1. The van der Waals surface area contributed by atoms with E-state index in [1.807, 2.05) is 66.9 Å². The van der Waals surface area contributed by atoms with Crippen molar-refractivity contribution >= 4 is 23.4 Å². The van der Waals surface area contributed by atoms with Gasteiger partial charge < -0.3 is 15.4 Å². The number of hydrogen-bond acceptors (Lipinski definition) is 5. The first kappa shape index (κ1) is 43.5. The zero-order valence-electron chi connectivity index (χ0n) is 35.8. The van der Waals surface area contributed by atoms with Gasteiger partial charge in [0.2, 0.25) is 0 Å². The predicted molar refractivity (Wildman–Crippen MR) is 264 cm³/mol. The summed E-state index contributed by atoms with van der Waals surface area (Å²) >= 11 is 0. The van der Waals surface area contributed by atoms with Gasteiger partial charge in [-0.15, -0.1) is 29.8 Å². The van der Waals surface area contributed by atoms with Crippen LogP contribution in [-0.2, 0) is 20.1 Å². The Hall–Kier alpha value is -8.72. The van der Waals surface area contributed by atoms with E-state index in [0.29, 0.717) is 22.6 Å². The van der Waals surface area contributed by atoms with Crippen LogP contribution in [-0.4, -0.2) is 20.9 Å². The summed E-state index contributed by atoms with van der Waals surface area (Å²) in [4.78, 5) is 10.5. The summed E-state index contributed by atoms with van der Waals surface area (Å²) in [7, 11) is 0. The average Bonchev–Trinajstić information content (AvgIpc) is 4.08. The van der Waals surface area contributed by atoms with Crippen LogP contribution in [0.4, 0.5) is 11.4 Å². The van der Waals surface area contributed by atoms with Crippen LogP contribution in [0.1, 0.15) is 17.3 Å². The van der Waals surface area contributed by atoms with Crippen molar-refractivity contribution in [2.24, 2.45) is 5.10 Å². The molecule has 2 aromatic heterocycles. The number of hydrogen-bond donors (Lipinski definition) is 0. The molecule has 1 unspecified atom stereocenters. The minimum absolute atomic E-state index is 0. The molecule has 11 rings (SSSR count). The molecule has 10 aromatic rings. The molecule has 67 heavy (non-hydrogen) atoms. The molecule has 0 amide bonds. The molecule has 0 bridgehead atoms. The van der Waals surface area contributed by atoms with Crippen molar-refractivity contribution in [3.05, 3.63) is 253 Å². The predicted octanol–water partition coefficient (Wildman–Crippen LogP) is 14.3. The van der Waals surface area contributed by atoms with Crippen LogP contribution >= 0.6 is 0 Å². The van der Waals surface area contributed by atoms with Gasteiger partial charge in [-0.05, 0) is 51.7 Å². The Morgan fingerprint density at radius 3 is 1.70 bits per heavy atom. The molecule has 0 saturated carbocycles. The Morgan fingerprint density at radius 1 is 0.597 bits per heavy atom. The second kappa shape index (κ2) is 20.0. The Balaban J connectivity index is 0.000000167. The summed E-state index contributed by atoms with van der Waals surface area (Å²) in [6, 6.07) is 77.5. The maximum absolute atomic E-state index is 9.33. The van der Waals surface area contributed by atoms with Crippen LogP contribution < -0.4 is 4.90 Å². The fourth-order valence-corrected chi connectivity index (χ4v) is 8.31. The molecule has 0 spiro atoms. The van der Waals surface area contributed by atoms with E-state index in [2.05, 4.69) is 154 Å². The van der Waals surface area contributed by atoms with E-state index < -0.39 is 0 Å². The summed E-state index contributed by atoms with van der Waals surface area (Å²) in [6.45, 7) is 7.33. The van der Waals surface area contributed by atoms with Gasteiger partial charge in [0.25, 0.3) is 0 Å². The first-order valence-electron chi connectivity index (χ1n) is 21.3. The van der Waals surface area contributed by atoms with Crippen LogP contribution in [0.2, 0.25) is 0 Å². The van der Waals surface area contributed by atoms with Gasteiger partial charge in [0.05, 0.1) is 30.5 Å². The minimum Gasteiger partial charge on any atom is -0.579 e. The van der Waals surface area contributed by atoms with E-state index in [0.717, 1.165) is 72.5 Å². The standard InChI is InChI=1S/C31H19N4.C27H18N4.Ir/c1-32-25-16-8-15-24(21-25)30-33-31-28(19-10-20-35(31)34-30)29-26(22-11-4-2-5-12-22)17-9-18-27(29)23-13-6-3-7-14-23;28-18-20-9-7-14-23(17-20)27-30-29-19-31(27)26-24(21-10-3-1-4-11-21)15-8-16-25(26)22-12-5-2-6-13-22;/h2-14,16-21H;1-13,15-17,19,27H;/q-1;-2;+3. The Kier molecular flexibility index (Phi) is 13.0.